The second-order valence-corrected chi connectivity index (χ2v) is 3.50. The zero-order chi connectivity index (χ0) is 11.7. The standard InChI is InChI=1S/C7H12N2.C2H7O3P/c1-3-6-5-8-7(4-2)9-6;1-2-5-6(3)4/h5H,3-4H2,1-2H3,(H,8,9);3-4H,2H2,1H3. The molecule has 15 heavy (non-hydrogen) atoms. The molecule has 0 radical (unpaired) electrons. The summed E-state index contributed by atoms with van der Waals surface area (Å²) < 4.78 is 4.22. The maximum absolute atomic E-state index is 7.95. The lowest BCUT2D eigenvalue weighted by atomic mass is 10.4. The van der Waals surface area contributed by atoms with E-state index in [9.17, 15) is 0 Å². The molecule has 0 saturated heterocycles. The quantitative estimate of drug-likeness (QED) is 0.694. The molecular formula is C9H19N2O3P. The van der Waals surface area contributed by atoms with Gasteiger partial charge in [0.1, 0.15) is 5.82 Å². The van der Waals surface area contributed by atoms with Crippen molar-refractivity contribution in [3.63, 3.8) is 0 Å². The van der Waals surface area contributed by atoms with Crippen molar-refractivity contribution >= 4 is 8.60 Å². The van der Waals surface area contributed by atoms with Gasteiger partial charge in [-0.2, -0.15) is 0 Å². The Morgan fingerprint density at radius 3 is 2.20 bits per heavy atom. The van der Waals surface area contributed by atoms with Gasteiger partial charge in [-0.05, 0) is 13.3 Å². The first-order valence-corrected chi connectivity index (χ1v) is 6.14. The zero-order valence-corrected chi connectivity index (χ0v) is 10.3. The van der Waals surface area contributed by atoms with E-state index in [-0.39, 0.29) is 0 Å². The molecular weight excluding hydrogens is 215 g/mol. The number of aromatic nitrogens is 2. The minimum Gasteiger partial charge on any atom is -0.346 e. The van der Waals surface area contributed by atoms with Gasteiger partial charge in [0.05, 0.1) is 6.61 Å². The average molecular weight is 234 g/mol. The summed E-state index contributed by atoms with van der Waals surface area (Å²) in [7, 11) is -2.10. The molecule has 0 aromatic carbocycles. The topological polar surface area (TPSA) is 78.4 Å². The van der Waals surface area contributed by atoms with E-state index in [2.05, 4.69) is 28.3 Å². The van der Waals surface area contributed by atoms with Crippen molar-refractivity contribution in [1.82, 2.24) is 9.97 Å². The van der Waals surface area contributed by atoms with Crippen LogP contribution in [0.4, 0.5) is 0 Å². The lowest BCUT2D eigenvalue weighted by Gasteiger charge is -1.95. The zero-order valence-electron chi connectivity index (χ0n) is 9.40. The van der Waals surface area contributed by atoms with Gasteiger partial charge >= 0.3 is 8.60 Å². The minimum absolute atomic E-state index is 0.360. The van der Waals surface area contributed by atoms with Crippen molar-refractivity contribution in [2.24, 2.45) is 0 Å². The Bertz CT molecular complexity index is 235. The Kier molecular flexibility index (Phi) is 8.52. The fourth-order valence-corrected chi connectivity index (χ4v) is 1.11. The second-order valence-electron chi connectivity index (χ2n) is 2.73. The predicted molar refractivity (Wildman–Crippen MR) is 60.3 cm³/mol. The van der Waals surface area contributed by atoms with Gasteiger partial charge in [-0.25, -0.2) is 4.98 Å². The van der Waals surface area contributed by atoms with Gasteiger partial charge in [-0.15, -0.1) is 0 Å². The third-order valence-corrected chi connectivity index (χ3v) is 2.13. The fourth-order valence-electron chi connectivity index (χ4n) is 0.881. The molecule has 1 aromatic rings. The van der Waals surface area contributed by atoms with Crippen molar-refractivity contribution in [2.45, 2.75) is 33.6 Å². The first-order chi connectivity index (χ1) is 7.13. The van der Waals surface area contributed by atoms with Crippen LogP contribution in [0.1, 0.15) is 32.3 Å². The van der Waals surface area contributed by atoms with E-state index >= 15 is 0 Å². The van der Waals surface area contributed by atoms with Crippen LogP contribution in [0.3, 0.4) is 0 Å². The van der Waals surface area contributed by atoms with Crippen molar-refractivity contribution in [2.75, 3.05) is 6.61 Å². The molecule has 6 heteroatoms. The number of rotatable bonds is 4. The Labute approximate surface area is 91.5 Å². The largest absolute Gasteiger partial charge is 0.346 e. The van der Waals surface area contributed by atoms with Gasteiger partial charge in [0.15, 0.2) is 0 Å². The van der Waals surface area contributed by atoms with Crippen LogP contribution in [0.5, 0.6) is 0 Å². The van der Waals surface area contributed by atoms with Crippen molar-refractivity contribution in [3.8, 4) is 0 Å². The number of nitrogens with one attached hydrogen (secondary N) is 1. The van der Waals surface area contributed by atoms with Crippen molar-refractivity contribution in [3.05, 3.63) is 17.7 Å². The summed E-state index contributed by atoms with van der Waals surface area (Å²) in [5.74, 6) is 1.09. The monoisotopic (exact) mass is 234 g/mol. The molecule has 0 aliphatic heterocycles. The van der Waals surface area contributed by atoms with E-state index in [1.165, 1.54) is 5.69 Å². The highest BCUT2D eigenvalue weighted by Gasteiger charge is 1.93. The third-order valence-electron chi connectivity index (χ3n) is 1.64. The number of hydrogen-bond donors (Lipinski definition) is 3. The summed E-state index contributed by atoms with van der Waals surface area (Å²) in [6, 6.07) is 0. The summed E-state index contributed by atoms with van der Waals surface area (Å²) in [4.78, 5) is 23.3. The summed E-state index contributed by atoms with van der Waals surface area (Å²) >= 11 is 0. The molecule has 0 saturated carbocycles. The van der Waals surface area contributed by atoms with Crippen LogP contribution in [0, 0.1) is 0 Å². The molecule has 0 aliphatic rings. The highest BCUT2D eigenvalue weighted by atomic mass is 31.2. The maximum atomic E-state index is 7.95. The smallest absolute Gasteiger partial charge is 0.327 e. The molecule has 5 nitrogen and oxygen atoms in total. The third kappa shape index (κ3) is 7.45. The van der Waals surface area contributed by atoms with Crippen LogP contribution in [-0.4, -0.2) is 26.4 Å². The summed E-state index contributed by atoms with van der Waals surface area (Å²) in [6.07, 6.45) is 3.95. The van der Waals surface area contributed by atoms with Crippen LogP contribution >= 0.6 is 8.60 Å². The molecule has 3 N–H and O–H groups in total. The summed E-state index contributed by atoms with van der Waals surface area (Å²) in [6.45, 7) is 6.27. The van der Waals surface area contributed by atoms with E-state index in [4.69, 9.17) is 9.79 Å². The number of hydrogen-bond acceptors (Lipinski definition) is 4. The molecule has 0 atom stereocenters. The fraction of sp³-hybridized carbons (Fsp3) is 0.667. The summed E-state index contributed by atoms with van der Waals surface area (Å²) in [5, 5.41) is 0. The first kappa shape index (κ1) is 14.5. The predicted octanol–water partition coefficient (Wildman–Crippen LogP) is 1.77. The van der Waals surface area contributed by atoms with Crippen molar-refractivity contribution < 1.29 is 14.3 Å². The maximum Gasteiger partial charge on any atom is 0.327 e. The van der Waals surface area contributed by atoms with Crippen LogP contribution in [-0.2, 0) is 17.4 Å². The lowest BCUT2D eigenvalue weighted by molar-refractivity contribution is 0.269. The van der Waals surface area contributed by atoms with Gasteiger partial charge in [0.25, 0.3) is 0 Å². The highest BCUT2D eigenvalue weighted by molar-refractivity contribution is 7.39. The van der Waals surface area contributed by atoms with Crippen molar-refractivity contribution in [1.29, 1.82) is 0 Å². The van der Waals surface area contributed by atoms with E-state index in [1.54, 1.807) is 6.92 Å². The number of aryl methyl sites for hydroxylation is 2. The molecule has 0 fully saturated rings. The normalized spacial score (nSPS) is 10.0. The van der Waals surface area contributed by atoms with Gasteiger partial charge in [0, 0.05) is 18.3 Å². The van der Waals surface area contributed by atoms with Gasteiger partial charge < -0.3 is 19.3 Å². The van der Waals surface area contributed by atoms with E-state index in [0.29, 0.717) is 6.61 Å². The Hall–Kier alpha value is -0.480. The molecule has 88 valence electrons. The highest BCUT2D eigenvalue weighted by Crippen LogP contribution is 2.22. The molecule has 1 aromatic heterocycles. The lowest BCUT2D eigenvalue weighted by Crippen LogP contribution is -1.82. The van der Waals surface area contributed by atoms with E-state index in [0.717, 1.165) is 18.7 Å². The minimum atomic E-state index is -2.10. The molecule has 0 spiro atoms. The van der Waals surface area contributed by atoms with E-state index in [1.807, 2.05) is 6.20 Å². The Morgan fingerprint density at radius 2 is 2.00 bits per heavy atom. The molecule has 1 rings (SSSR count). The van der Waals surface area contributed by atoms with Crippen LogP contribution < -0.4 is 0 Å². The Balaban J connectivity index is 0.000000288. The van der Waals surface area contributed by atoms with Gasteiger partial charge in [0.2, 0.25) is 0 Å². The number of H-pyrrole nitrogens is 1. The molecule has 0 bridgehead atoms. The summed E-state index contributed by atoms with van der Waals surface area (Å²) in [5.41, 5.74) is 1.23. The molecule has 0 aliphatic carbocycles. The Morgan fingerprint density at radius 1 is 1.33 bits per heavy atom. The SMILES string of the molecule is CCOP(O)O.CCc1cnc(CC)[nH]1. The second kappa shape index (κ2) is 8.80. The average Bonchev–Trinajstić information content (AvgIpc) is 2.66. The van der Waals surface area contributed by atoms with Crippen LogP contribution in [0.2, 0.25) is 0 Å². The molecule has 1 heterocycles. The number of nitrogens with zero attached hydrogens (tertiary/aromatic N) is 1. The molecule has 0 amide bonds. The van der Waals surface area contributed by atoms with Gasteiger partial charge in [-0.1, -0.05) is 13.8 Å². The van der Waals surface area contributed by atoms with Crippen LogP contribution in [0.15, 0.2) is 6.20 Å². The van der Waals surface area contributed by atoms with E-state index < -0.39 is 8.60 Å². The number of aromatic amines is 1. The van der Waals surface area contributed by atoms with Gasteiger partial charge in [-0.3, -0.25) is 0 Å². The number of imidazole rings is 1. The molecule has 0 unspecified atom stereocenters. The first-order valence-electron chi connectivity index (χ1n) is 4.97. The van der Waals surface area contributed by atoms with Crippen LogP contribution in [0.25, 0.3) is 0 Å².